The standard InChI is InChI=1S/C22H23N3O5/c1-14-7-9-15(10-8-14)20(26)18-19(16-5-4-6-17(13-16)25(29)30)24(12-11-23(2)3)22(28)21(18)27/h4-10,13,19,26H,11-12H2,1-3H3/t19-/m0/s1. The molecule has 1 fully saturated rings. The minimum atomic E-state index is -0.911. The van der Waals surface area contributed by atoms with Crippen LogP contribution in [0.3, 0.4) is 0 Å². The maximum absolute atomic E-state index is 12.9. The fraction of sp³-hybridized carbons (Fsp3) is 0.273. The smallest absolute Gasteiger partial charge is 0.295 e. The molecular formula is C22H23N3O5. The Balaban J connectivity index is 2.17. The van der Waals surface area contributed by atoms with E-state index in [1.54, 1.807) is 30.3 Å². The highest BCUT2D eigenvalue weighted by atomic mass is 16.6. The number of nitro groups is 1. The van der Waals surface area contributed by atoms with E-state index < -0.39 is 22.7 Å². The number of rotatable bonds is 6. The lowest BCUT2D eigenvalue weighted by Crippen LogP contribution is -2.35. The first kappa shape index (κ1) is 21.2. The molecular weight excluding hydrogens is 386 g/mol. The second kappa shape index (κ2) is 8.46. The van der Waals surface area contributed by atoms with E-state index in [9.17, 15) is 24.8 Å². The van der Waals surface area contributed by atoms with Crippen LogP contribution in [0.15, 0.2) is 54.1 Å². The molecule has 1 heterocycles. The highest BCUT2D eigenvalue weighted by Gasteiger charge is 2.46. The lowest BCUT2D eigenvalue weighted by atomic mass is 9.94. The number of likely N-dealkylation sites (tertiary alicyclic amines) is 1. The van der Waals surface area contributed by atoms with Crippen molar-refractivity contribution < 1.29 is 19.6 Å². The maximum Gasteiger partial charge on any atom is 0.295 e. The summed E-state index contributed by atoms with van der Waals surface area (Å²) in [5.41, 5.74) is 1.56. The van der Waals surface area contributed by atoms with Gasteiger partial charge in [0.2, 0.25) is 0 Å². The number of ketones is 1. The fourth-order valence-electron chi connectivity index (χ4n) is 3.44. The largest absolute Gasteiger partial charge is 0.507 e. The molecule has 1 atom stereocenters. The zero-order valence-electron chi connectivity index (χ0n) is 17.0. The van der Waals surface area contributed by atoms with Gasteiger partial charge in [-0.05, 0) is 26.6 Å². The van der Waals surface area contributed by atoms with Gasteiger partial charge in [-0.25, -0.2) is 0 Å². The number of non-ortho nitro benzene ring substituents is 1. The van der Waals surface area contributed by atoms with Crippen LogP contribution in [-0.2, 0) is 9.59 Å². The van der Waals surface area contributed by atoms with Crippen molar-refractivity contribution in [2.24, 2.45) is 0 Å². The van der Waals surface area contributed by atoms with E-state index in [1.807, 2.05) is 25.9 Å². The number of benzene rings is 2. The Morgan fingerprint density at radius 3 is 2.43 bits per heavy atom. The van der Waals surface area contributed by atoms with E-state index in [2.05, 4.69) is 0 Å². The van der Waals surface area contributed by atoms with Gasteiger partial charge in [-0.1, -0.05) is 42.0 Å². The van der Waals surface area contributed by atoms with Gasteiger partial charge < -0.3 is 14.9 Å². The summed E-state index contributed by atoms with van der Waals surface area (Å²) in [7, 11) is 3.68. The number of amides is 1. The molecule has 2 aromatic carbocycles. The molecule has 1 saturated heterocycles. The van der Waals surface area contributed by atoms with Crippen LogP contribution in [0.5, 0.6) is 0 Å². The minimum absolute atomic E-state index is 0.0666. The molecule has 1 N–H and O–H groups in total. The normalized spacial score (nSPS) is 18.3. The first-order valence-electron chi connectivity index (χ1n) is 9.45. The Bertz CT molecular complexity index is 1030. The van der Waals surface area contributed by atoms with Gasteiger partial charge in [-0.2, -0.15) is 0 Å². The van der Waals surface area contributed by atoms with Gasteiger partial charge in [0.1, 0.15) is 5.76 Å². The molecule has 1 aliphatic heterocycles. The van der Waals surface area contributed by atoms with E-state index in [-0.39, 0.29) is 23.6 Å². The minimum Gasteiger partial charge on any atom is -0.507 e. The summed E-state index contributed by atoms with van der Waals surface area (Å²) >= 11 is 0. The number of Topliss-reactive ketones (excluding diaryl/α,β-unsaturated/α-hetero) is 1. The SMILES string of the molecule is Cc1ccc(C(O)=C2C(=O)C(=O)N(CCN(C)C)[C@H]2c2cccc([N+](=O)[O-])c2)cc1. The number of nitrogens with zero attached hydrogens (tertiary/aromatic N) is 3. The van der Waals surface area contributed by atoms with Gasteiger partial charge >= 0.3 is 0 Å². The van der Waals surface area contributed by atoms with E-state index in [1.165, 1.54) is 23.1 Å². The second-order valence-corrected chi connectivity index (χ2v) is 7.51. The zero-order chi connectivity index (χ0) is 22.0. The number of aliphatic hydroxyl groups excluding tert-OH is 1. The molecule has 1 amide bonds. The highest BCUT2D eigenvalue weighted by molar-refractivity contribution is 6.46. The van der Waals surface area contributed by atoms with Gasteiger partial charge in [0.15, 0.2) is 0 Å². The van der Waals surface area contributed by atoms with Crippen molar-refractivity contribution in [3.05, 3.63) is 80.9 Å². The lowest BCUT2D eigenvalue weighted by Gasteiger charge is -2.26. The van der Waals surface area contributed by atoms with Gasteiger partial charge in [0, 0.05) is 30.8 Å². The molecule has 1 aliphatic rings. The van der Waals surface area contributed by atoms with Crippen LogP contribution in [0, 0.1) is 17.0 Å². The van der Waals surface area contributed by atoms with E-state index in [0.29, 0.717) is 17.7 Å². The average Bonchev–Trinajstić information content (AvgIpc) is 2.97. The monoisotopic (exact) mass is 409 g/mol. The van der Waals surface area contributed by atoms with Crippen LogP contribution < -0.4 is 0 Å². The summed E-state index contributed by atoms with van der Waals surface area (Å²) < 4.78 is 0. The number of hydrogen-bond acceptors (Lipinski definition) is 6. The maximum atomic E-state index is 12.9. The molecule has 0 aromatic heterocycles. The first-order chi connectivity index (χ1) is 14.2. The average molecular weight is 409 g/mol. The van der Waals surface area contributed by atoms with Crippen molar-refractivity contribution >= 4 is 23.1 Å². The number of aliphatic hydroxyl groups is 1. The molecule has 0 saturated carbocycles. The molecule has 30 heavy (non-hydrogen) atoms. The third-order valence-electron chi connectivity index (χ3n) is 5.05. The van der Waals surface area contributed by atoms with Crippen molar-refractivity contribution in [1.82, 2.24) is 9.80 Å². The second-order valence-electron chi connectivity index (χ2n) is 7.51. The van der Waals surface area contributed by atoms with Gasteiger partial charge in [-0.15, -0.1) is 0 Å². The molecule has 3 rings (SSSR count). The van der Waals surface area contributed by atoms with Crippen molar-refractivity contribution in [2.75, 3.05) is 27.2 Å². The zero-order valence-corrected chi connectivity index (χ0v) is 17.0. The van der Waals surface area contributed by atoms with Crippen molar-refractivity contribution in [2.45, 2.75) is 13.0 Å². The Kier molecular flexibility index (Phi) is 5.98. The fourth-order valence-corrected chi connectivity index (χ4v) is 3.44. The molecule has 2 aromatic rings. The third-order valence-corrected chi connectivity index (χ3v) is 5.05. The molecule has 0 aliphatic carbocycles. The number of nitro benzene ring substituents is 1. The predicted octanol–water partition coefficient (Wildman–Crippen LogP) is 2.89. The van der Waals surface area contributed by atoms with Crippen LogP contribution in [-0.4, -0.2) is 58.7 Å². The highest BCUT2D eigenvalue weighted by Crippen LogP contribution is 2.40. The number of carbonyl (C=O) groups excluding carboxylic acids is 2. The van der Waals surface area contributed by atoms with Gasteiger partial charge in [0.25, 0.3) is 17.4 Å². The molecule has 0 spiro atoms. The summed E-state index contributed by atoms with van der Waals surface area (Å²) in [4.78, 5) is 39.6. The summed E-state index contributed by atoms with van der Waals surface area (Å²) in [5, 5.41) is 22.2. The molecule has 8 nitrogen and oxygen atoms in total. The van der Waals surface area contributed by atoms with Crippen LogP contribution in [0.1, 0.15) is 22.7 Å². The summed E-state index contributed by atoms with van der Waals surface area (Å²) in [6, 6.07) is 11.8. The number of aryl methyl sites for hydroxylation is 1. The number of likely N-dealkylation sites (N-methyl/N-ethyl adjacent to an activating group) is 1. The van der Waals surface area contributed by atoms with Crippen LogP contribution in [0.4, 0.5) is 5.69 Å². The van der Waals surface area contributed by atoms with Crippen molar-refractivity contribution in [3.8, 4) is 0 Å². The summed E-state index contributed by atoms with van der Waals surface area (Å²) in [6.07, 6.45) is 0. The Labute approximate surface area is 174 Å². The lowest BCUT2D eigenvalue weighted by molar-refractivity contribution is -0.384. The number of hydrogen-bond donors (Lipinski definition) is 1. The van der Waals surface area contributed by atoms with E-state index in [4.69, 9.17) is 0 Å². The van der Waals surface area contributed by atoms with Gasteiger partial charge in [-0.3, -0.25) is 19.7 Å². The number of carbonyl (C=O) groups is 2. The molecule has 0 unspecified atom stereocenters. The Morgan fingerprint density at radius 2 is 1.83 bits per heavy atom. The van der Waals surface area contributed by atoms with Crippen LogP contribution in [0.25, 0.3) is 5.76 Å². The van der Waals surface area contributed by atoms with Crippen molar-refractivity contribution in [3.63, 3.8) is 0 Å². The quantitative estimate of drug-likeness (QED) is 0.259. The molecule has 0 bridgehead atoms. The van der Waals surface area contributed by atoms with E-state index in [0.717, 1.165) is 5.56 Å². The van der Waals surface area contributed by atoms with Crippen molar-refractivity contribution in [1.29, 1.82) is 0 Å². The van der Waals surface area contributed by atoms with E-state index >= 15 is 0 Å². The predicted molar refractivity (Wildman–Crippen MR) is 112 cm³/mol. The molecule has 0 radical (unpaired) electrons. The van der Waals surface area contributed by atoms with Crippen LogP contribution in [0.2, 0.25) is 0 Å². The molecule has 156 valence electrons. The van der Waals surface area contributed by atoms with Gasteiger partial charge in [0.05, 0.1) is 16.5 Å². The molecule has 8 heteroatoms. The Hall–Kier alpha value is -3.52. The topological polar surface area (TPSA) is 104 Å². The Morgan fingerprint density at radius 1 is 1.17 bits per heavy atom. The summed E-state index contributed by atoms with van der Waals surface area (Å²) in [5.74, 6) is -1.83. The summed E-state index contributed by atoms with van der Waals surface area (Å²) in [6.45, 7) is 2.62. The first-order valence-corrected chi connectivity index (χ1v) is 9.45. The van der Waals surface area contributed by atoms with Crippen LogP contribution >= 0.6 is 0 Å². The third kappa shape index (κ3) is 4.08.